The molecule has 14 heavy (non-hydrogen) atoms. The van der Waals surface area contributed by atoms with Gasteiger partial charge >= 0.3 is 5.97 Å². The second-order valence-corrected chi connectivity index (χ2v) is 4.14. The van der Waals surface area contributed by atoms with Gasteiger partial charge in [0, 0.05) is 6.42 Å². The van der Waals surface area contributed by atoms with Crippen LogP contribution < -0.4 is 0 Å². The Bertz CT molecular complexity index is 273. The van der Waals surface area contributed by atoms with Gasteiger partial charge in [-0.2, -0.15) is 0 Å². The van der Waals surface area contributed by atoms with E-state index in [1.165, 1.54) is 7.11 Å². The highest BCUT2D eigenvalue weighted by molar-refractivity contribution is 6.01. The van der Waals surface area contributed by atoms with Gasteiger partial charge in [-0.15, -0.1) is 0 Å². The summed E-state index contributed by atoms with van der Waals surface area (Å²) in [7, 11) is 1.30. The molecule has 0 saturated heterocycles. The maximum absolute atomic E-state index is 11.5. The molecule has 2 rings (SSSR count). The first kappa shape index (κ1) is 9.65. The number of ketones is 1. The van der Waals surface area contributed by atoms with E-state index in [-0.39, 0.29) is 17.6 Å². The first-order valence-electron chi connectivity index (χ1n) is 4.93. The molecule has 2 aliphatic rings. The van der Waals surface area contributed by atoms with Crippen molar-refractivity contribution in [2.45, 2.75) is 25.4 Å². The van der Waals surface area contributed by atoms with Crippen molar-refractivity contribution in [1.82, 2.24) is 0 Å². The van der Waals surface area contributed by atoms with Gasteiger partial charge in [-0.05, 0) is 24.7 Å². The third kappa shape index (κ3) is 1.25. The molecule has 0 aromatic rings. The number of methoxy groups -OCH3 is 1. The first-order chi connectivity index (χ1) is 6.65. The largest absolute Gasteiger partial charge is 0.468 e. The second-order valence-electron chi connectivity index (χ2n) is 4.14. The Morgan fingerprint density at radius 2 is 2.14 bits per heavy atom. The molecule has 1 unspecified atom stereocenters. The molecule has 4 atom stereocenters. The third-order valence-corrected chi connectivity index (χ3v) is 3.51. The normalized spacial score (nSPS) is 41.1. The van der Waals surface area contributed by atoms with Gasteiger partial charge in [0.2, 0.25) is 0 Å². The van der Waals surface area contributed by atoms with Gasteiger partial charge in [-0.25, -0.2) is 0 Å². The molecular weight excluding hydrogens is 184 g/mol. The Labute approximate surface area is 82.2 Å². The molecule has 2 saturated carbocycles. The number of hydrogen-bond acceptors (Lipinski definition) is 4. The summed E-state index contributed by atoms with van der Waals surface area (Å²) in [4.78, 5) is 22.9. The molecule has 2 fully saturated rings. The highest BCUT2D eigenvalue weighted by Gasteiger charge is 2.52. The van der Waals surface area contributed by atoms with Gasteiger partial charge in [0.05, 0.1) is 13.2 Å². The van der Waals surface area contributed by atoms with Crippen molar-refractivity contribution in [2.24, 2.45) is 17.8 Å². The Kier molecular flexibility index (Phi) is 2.31. The molecule has 0 aliphatic heterocycles. The van der Waals surface area contributed by atoms with Gasteiger partial charge in [0.25, 0.3) is 0 Å². The summed E-state index contributed by atoms with van der Waals surface area (Å²) in [5.74, 6) is -1.10. The van der Waals surface area contributed by atoms with Crippen molar-refractivity contribution < 1.29 is 19.4 Å². The standard InChI is InChI=1S/C10H14O4/c1-14-10(13)9-5-2-3-7(11)6(5)4-8(9)12/h5-7,9,11H,2-4H2,1H3/t5-,6-,7?,9+/m1/s1. The predicted octanol–water partition coefficient (Wildman–Crippen LogP) is 0.135. The molecule has 0 bridgehead atoms. The Morgan fingerprint density at radius 3 is 2.79 bits per heavy atom. The molecular formula is C10H14O4. The Balaban J connectivity index is 2.18. The van der Waals surface area contributed by atoms with E-state index < -0.39 is 18.0 Å². The van der Waals surface area contributed by atoms with Crippen LogP contribution in [-0.4, -0.2) is 30.1 Å². The first-order valence-corrected chi connectivity index (χ1v) is 4.93. The Morgan fingerprint density at radius 1 is 1.43 bits per heavy atom. The summed E-state index contributed by atoms with van der Waals surface area (Å²) in [6.07, 6.45) is 1.40. The molecule has 0 aromatic carbocycles. The molecule has 0 heterocycles. The highest BCUT2D eigenvalue weighted by atomic mass is 16.5. The summed E-state index contributed by atoms with van der Waals surface area (Å²) in [5, 5.41) is 9.59. The number of aliphatic hydroxyl groups is 1. The fourth-order valence-electron chi connectivity index (χ4n) is 2.81. The number of carbonyl (C=O) groups is 2. The maximum atomic E-state index is 11.5. The predicted molar refractivity (Wildman–Crippen MR) is 47.4 cm³/mol. The molecule has 4 heteroatoms. The summed E-state index contributed by atoms with van der Waals surface area (Å²) in [6.45, 7) is 0. The number of hydrogen-bond donors (Lipinski definition) is 1. The van der Waals surface area contributed by atoms with E-state index in [4.69, 9.17) is 0 Å². The number of rotatable bonds is 1. The average molecular weight is 198 g/mol. The minimum absolute atomic E-state index is 0.00778. The van der Waals surface area contributed by atoms with Crippen LogP contribution in [0.2, 0.25) is 0 Å². The summed E-state index contributed by atoms with van der Waals surface area (Å²) >= 11 is 0. The molecule has 0 amide bonds. The fraction of sp³-hybridized carbons (Fsp3) is 0.800. The summed E-state index contributed by atoms with van der Waals surface area (Å²) in [5.41, 5.74) is 0. The van der Waals surface area contributed by atoms with E-state index in [9.17, 15) is 14.7 Å². The van der Waals surface area contributed by atoms with Crippen LogP contribution in [-0.2, 0) is 14.3 Å². The molecule has 0 radical (unpaired) electrons. The maximum Gasteiger partial charge on any atom is 0.316 e. The van der Waals surface area contributed by atoms with Gasteiger partial charge in [-0.1, -0.05) is 0 Å². The van der Waals surface area contributed by atoms with Crippen LogP contribution in [0.5, 0.6) is 0 Å². The van der Waals surface area contributed by atoms with Crippen LogP contribution >= 0.6 is 0 Å². The van der Waals surface area contributed by atoms with Crippen LogP contribution in [0.3, 0.4) is 0 Å². The van der Waals surface area contributed by atoms with E-state index in [2.05, 4.69) is 4.74 Å². The molecule has 78 valence electrons. The monoisotopic (exact) mass is 198 g/mol. The minimum Gasteiger partial charge on any atom is -0.468 e. The molecule has 2 aliphatic carbocycles. The van der Waals surface area contributed by atoms with E-state index in [1.807, 2.05) is 0 Å². The van der Waals surface area contributed by atoms with Gasteiger partial charge in [0.15, 0.2) is 0 Å². The van der Waals surface area contributed by atoms with Gasteiger partial charge in [0.1, 0.15) is 11.7 Å². The van der Waals surface area contributed by atoms with Crippen LogP contribution in [0, 0.1) is 17.8 Å². The molecule has 0 spiro atoms. The number of esters is 1. The smallest absolute Gasteiger partial charge is 0.316 e. The van der Waals surface area contributed by atoms with E-state index in [0.29, 0.717) is 12.8 Å². The van der Waals surface area contributed by atoms with Crippen molar-refractivity contribution in [3.05, 3.63) is 0 Å². The van der Waals surface area contributed by atoms with E-state index in [0.717, 1.165) is 6.42 Å². The fourth-order valence-corrected chi connectivity index (χ4v) is 2.81. The third-order valence-electron chi connectivity index (χ3n) is 3.51. The number of ether oxygens (including phenoxy) is 1. The van der Waals surface area contributed by atoms with Crippen LogP contribution in [0.1, 0.15) is 19.3 Å². The summed E-state index contributed by atoms with van der Waals surface area (Å²) < 4.78 is 4.61. The van der Waals surface area contributed by atoms with Crippen LogP contribution in [0.15, 0.2) is 0 Å². The zero-order valence-corrected chi connectivity index (χ0v) is 8.10. The van der Waals surface area contributed by atoms with E-state index >= 15 is 0 Å². The van der Waals surface area contributed by atoms with Crippen molar-refractivity contribution >= 4 is 11.8 Å². The molecule has 4 nitrogen and oxygen atoms in total. The average Bonchev–Trinajstić information content (AvgIpc) is 2.65. The van der Waals surface area contributed by atoms with E-state index in [1.54, 1.807) is 0 Å². The topological polar surface area (TPSA) is 63.6 Å². The van der Waals surface area contributed by atoms with Crippen LogP contribution in [0.25, 0.3) is 0 Å². The molecule has 1 N–H and O–H groups in total. The van der Waals surface area contributed by atoms with Crippen molar-refractivity contribution in [3.63, 3.8) is 0 Å². The van der Waals surface area contributed by atoms with Crippen molar-refractivity contribution in [1.29, 1.82) is 0 Å². The lowest BCUT2D eigenvalue weighted by Gasteiger charge is -2.14. The van der Waals surface area contributed by atoms with Gasteiger partial charge < -0.3 is 9.84 Å². The van der Waals surface area contributed by atoms with Crippen molar-refractivity contribution in [2.75, 3.05) is 7.11 Å². The highest BCUT2D eigenvalue weighted by Crippen LogP contribution is 2.46. The molecule has 0 aromatic heterocycles. The SMILES string of the molecule is COC(=O)[C@@H]1C(=O)C[C@H]2C(O)CC[C@@H]12. The number of fused-ring (bicyclic) bond motifs is 1. The lowest BCUT2D eigenvalue weighted by molar-refractivity contribution is -0.149. The van der Waals surface area contributed by atoms with Gasteiger partial charge in [-0.3, -0.25) is 9.59 Å². The summed E-state index contributed by atoms with van der Waals surface area (Å²) in [6, 6.07) is 0. The quantitative estimate of drug-likeness (QED) is 0.480. The second kappa shape index (κ2) is 3.35. The van der Waals surface area contributed by atoms with Crippen LogP contribution in [0.4, 0.5) is 0 Å². The minimum atomic E-state index is -0.609. The lowest BCUT2D eigenvalue weighted by Crippen LogP contribution is -2.26. The Hall–Kier alpha value is -0.900. The zero-order chi connectivity index (χ0) is 10.3. The zero-order valence-electron chi connectivity index (χ0n) is 8.10. The number of Topliss-reactive ketones (excluding diaryl/α,β-unsaturated/α-hetero) is 1. The lowest BCUT2D eigenvalue weighted by atomic mass is 9.91. The number of aliphatic hydroxyl groups excluding tert-OH is 1. The van der Waals surface area contributed by atoms with Crippen molar-refractivity contribution in [3.8, 4) is 0 Å². The number of carbonyl (C=O) groups excluding carboxylic acids is 2.